The highest BCUT2D eigenvalue weighted by Crippen LogP contribution is 2.35. The zero-order chi connectivity index (χ0) is 30.3. The van der Waals surface area contributed by atoms with Gasteiger partial charge in [0.15, 0.2) is 5.65 Å². The SMILES string of the molecule is CS(=O)(=O)NCc1cc(F)cc(-c2cncc3[nH]c(-c4[nH]nc5ncc(-c6cncc(CN7CCCCC7)c6)cc45)cc23)c1. The molecule has 5 aromatic heterocycles. The summed E-state index contributed by atoms with van der Waals surface area (Å²) in [5.74, 6) is -0.465. The Morgan fingerprint density at radius 3 is 2.50 bits per heavy atom. The molecule has 224 valence electrons. The summed E-state index contributed by atoms with van der Waals surface area (Å²) in [5.41, 5.74) is 7.84. The summed E-state index contributed by atoms with van der Waals surface area (Å²) >= 11 is 0. The Bertz CT molecular complexity index is 2100. The molecule has 6 aromatic rings. The molecule has 1 aromatic carbocycles. The highest BCUT2D eigenvalue weighted by atomic mass is 32.2. The fourth-order valence-corrected chi connectivity index (χ4v) is 6.34. The fourth-order valence-electron chi connectivity index (χ4n) is 5.91. The number of nitrogens with one attached hydrogen (secondary N) is 3. The fraction of sp³-hybridized carbons (Fsp3) is 0.250. The molecule has 44 heavy (non-hydrogen) atoms. The Labute approximate surface area is 253 Å². The van der Waals surface area contributed by atoms with E-state index in [0.717, 1.165) is 64.7 Å². The lowest BCUT2D eigenvalue weighted by atomic mass is 10.0. The molecule has 0 amide bonds. The molecule has 0 saturated carbocycles. The molecule has 1 aliphatic heterocycles. The molecule has 12 heteroatoms. The van der Waals surface area contributed by atoms with E-state index in [0.29, 0.717) is 22.3 Å². The van der Waals surface area contributed by atoms with Crippen LogP contribution in [0.15, 0.2) is 67.4 Å². The van der Waals surface area contributed by atoms with Crippen LogP contribution in [0, 0.1) is 5.82 Å². The van der Waals surface area contributed by atoms with E-state index in [9.17, 15) is 12.8 Å². The van der Waals surface area contributed by atoms with Crippen LogP contribution in [0.3, 0.4) is 0 Å². The molecule has 0 unspecified atom stereocenters. The maximum absolute atomic E-state index is 14.6. The van der Waals surface area contributed by atoms with Gasteiger partial charge in [-0.05, 0) is 79.0 Å². The number of piperidine rings is 1. The first-order valence-corrected chi connectivity index (χ1v) is 16.4. The van der Waals surface area contributed by atoms with Crippen LogP contribution in [-0.2, 0) is 23.1 Å². The molecule has 0 bridgehead atoms. The molecule has 3 N–H and O–H groups in total. The number of halogens is 1. The van der Waals surface area contributed by atoms with Gasteiger partial charge in [-0.15, -0.1) is 0 Å². The Balaban J connectivity index is 1.23. The van der Waals surface area contributed by atoms with Crippen LogP contribution in [0.4, 0.5) is 4.39 Å². The van der Waals surface area contributed by atoms with Gasteiger partial charge in [0.05, 0.1) is 29.4 Å². The van der Waals surface area contributed by atoms with Gasteiger partial charge in [-0.25, -0.2) is 22.5 Å². The largest absolute Gasteiger partial charge is 0.352 e. The number of pyridine rings is 3. The maximum atomic E-state index is 14.6. The Hall–Kier alpha value is -4.52. The average molecular weight is 611 g/mol. The predicted octanol–water partition coefficient (Wildman–Crippen LogP) is 5.40. The van der Waals surface area contributed by atoms with Crippen molar-refractivity contribution in [2.24, 2.45) is 0 Å². The van der Waals surface area contributed by atoms with Crippen molar-refractivity contribution < 1.29 is 12.8 Å². The summed E-state index contributed by atoms with van der Waals surface area (Å²) in [6.07, 6.45) is 13.9. The third-order valence-corrected chi connectivity index (χ3v) is 8.68. The van der Waals surface area contributed by atoms with Crippen LogP contribution < -0.4 is 4.72 Å². The number of likely N-dealkylation sites (tertiary alicyclic amines) is 1. The normalized spacial score (nSPS) is 14.5. The molecule has 1 fully saturated rings. The smallest absolute Gasteiger partial charge is 0.209 e. The van der Waals surface area contributed by atoms with Crippen molar-refractivity contribution in [3.63, 3.8) is 0 Å². The van der Waals surface area contributed by atoms with Gasteiger partial charge in [0.1, 0.15) is 5.82 Å². The van der Waals surface area contributed by atoms with Crippen molar-refractivity contribution in [2.45, 2.75) is 32.4 Å². The van der Waals surface area contributed by atoms with E-state index in [1.165, 1.54) is 37.0 Å². The molecule has 6 heterocycles. The first kappa shape index (κ1) is 28.3. The second kappa shape index (κ2) is 11.5. The van der Waals surface area contributed by atoms with E-state index >= 15 is 0 Å². The number of fused-ring (bicyclic) bond motifs is 2. The lowest BCUT2D eigenvalue weighted by Gasteiger charge is -2.26. The second-order valence-electron chi connectivity index (χ2n) is 11.4. The van der Waals surface area contributed by atoms with Crippen molar-refractivity contribution >= 4 is 32.0 Å². The van der Waals surface area contributed by atoms with E-state index < -0.39 is 15.8 Å². The van der Waals surface area contributed by atoms with Gasteiger partial charge in [-0.2, -0.15) is 5.10 Å². The topological polar surface area (TPSA) is 133 Å². The average Bonchev–Trinajstić information content (AvgIpc) is 3.64. The number of rotatable bonds is 8. The van der Waals surface area contributed by atoms with Crippen LogP contribution in [0.1, 0.15) is 30.4 Å². The minimum absolute atomic E-state index is 0.0163. The summed E-state index contributed by atoms with van der Waals surface area (Å²) in [6, 6.07) is 10.7. The van der Waals surface area contributed by atoms with Crippen LogP contribution in [0.25, 0.3) is 55.6 Å². The number of aromatic amines is 2. The Kier molecular flexibility index (Phi) is 7.40. The summed E-state index contributed by atoms with van der Waals surface area (Å²) in [4.78, 5) is 19.4. The second-order valence-corrected chi connectivity index (χ2v) is 13.2. The number of aromatic nitrogens is 6. The van der Waals surface area contributed by atoms with Gasteiger partial charge < -0.3 is 4.98 Å². The molecular formula is C32H31FN8O2S. The Morgan fingerprint density at radius 1 is 0.864 bits per heavy atom. The minimum atomic E-state index is -3.43. The molecule has 7 rings (SSSR count). The number of H-pyrrole nitrogens is 2. The van der Waals surface area contributed by atoms with Crippen molar-refractivity contribution in [1.29, 1.82) is 0 Å². The summed E-state index contributed by atoms with van der Waals surface area (Å²) < 4.78 is 40.2. The number of nitrogens with zero attached hydrogens (tertiary/aromatic N) is 5. The lowest BCUT2D eigenvalue weighted by molar-refractivity contribution is 0.220. The first-order valence-electron chi connectivity index (χ1n) is 14.5. The standard InChI is InChI=1S/C32H31FN8O2S/c1-44(42,43)37-14-20-7-22(10-25(33)9-20)28-17-35-18-30-26(28)12-29(38-30)31-27-11-24(16-36-32(27)40-39-31)23-8-21(13-34-15-23)19-41-5-3-2-4-6-41/h7-13,15-18,37-38H,2-6,14,19H2,1H3,(H,36,39,40). The molecule has 0 radical (unpaired) electrons. The van der Waals surface area contributed by atoms with Crippen LogP contribution >= 0.6 is 0 Å². The van der Waals surface area contributed by atoms with E-state index in [2.05, 4.69) is 51.9 Å². The van der Waals surface area contributed by atoms with Gasteiger partial charge in [0.2, 0.25) is 10.0 Å². The monoisotopic (exact) mass is 610 g/mol. The number of hydrogen-bond acceptors (Lipinski definition) is 7. The molecular weight excluding hydrogens is 579 g/mol. The highest BCUT2D eigenvalue weighted by Gasteiger charge is 2.17. The Morgan fingerprint density at radius 2 is 1.66 bits per heavy atom. The van der Waals surface area contributed by atoms with Crippen molar-refractivity contribution in [3.8, 4) is 33.6 Å². The van der Waals surface area contributed by atoms with E-state index in [1.54, 1.807) is 18.5 Å². The molecule has 1 saturated heterocycles. The summed E-state index contributed by atoms with van der Waals surface area (Å²) in [7, 11) is -3.43. The van der Waals surface area contributed by atoms with E-state index in [4.69, 9.17) is 0 Å². The minimum Gasteiger partial charge on any atom is -0.352 e. The van der Waals surface area contributed by atoms with Crippen molar-refractivity contribution in [1.82, 2.24) is 39.8 Å². The predicted molar refractivity (Wildman–Crippen MR) is 168 cm³/mol. The first-order chi connectivity index (χ1) is 21.3. The molecule has 1 aliphatic rings. The third-order valence-electron chi connectivity index (χ3n) is 8.01. The van der Waals surface area contributed by atoms with Crippen molar-refractivity contribution in [3.05, 3.63) is 84.3 Å². The zero-order valence-electron chi connectivity index (χ0n) is 24.1. The van der Waals surface area contributed by atoms with Gasteiger partial charge in [0.25, 0.3) is 0 Å². The van der Waals surface area contributed by atoms with Crippen LogP contribution in [-0.4, -0.2) is 62.8 Å². The van der Waals surface area contributed by atoms with Gasteiger partial charge >= 0.3 is 0 Å². The molecule has 0 aliphatic carbocycles. The van der Waals surface area contributed by atoms with Crippen LogP contribution in [0.5, 0.6) is 0 Å². The highest BCUT2D eigenvalue weighted by molar-refractivity contribution is 7.88. The summed E-state index contributed by atoms with van der Waals surface area (Å²) in [6.45, 7) is 3.12. The van der Waals surface area contributed by atoms with Gasteiger partial charge in [-0.3, -0.25) is 20.0 Å². The zero-order valence-corrected chi connectivity index (χ0v) is 25.0. The van der Waals surface area contributed by atoms with Gasteiger partial charge in [0, 0.05) is 65.3 Å². The van der Waals surface area contributed by atoms with E-state index in [-0.39, 0.29) is 6.54 Å². The third kappa shape index (κ3) is 5.96. The number of sulfonamides is 1. The number of benzene rings is 1. The molecule has 0 spiro atoms. The number of hydrogen-bond donors (Lipinski definition) is 3. The summed E-state index contributed by atoms with van der Waals surface area (Å²) in [5, 5.41) is 9.26. The van der Waals surface area contributed by atoms with E-state index in [1.807, 2.05) is 24.7 Å². The van der Waals surface area contributed by atoms with Crippen LogP contribution in [0.2, 0.25) is 0 Å². The quantitative estimate of drug-likeness (QED) is 0.210. The molecule has 10 nitrogen and oxygen atoms in total. The van der Waals surface area contributed by atoms with Gasteiger partial charge in [-0.1, -0.05) is 6.42 Å². The lowest BCUT2D eigenvalue weighted by Crippen LogP contribution is -2.29. The van der Waals surface area contributed by atoms with Crippen molar-refractivity contribution in [2.75, 3.05) is 19.3 Å². The molecule has 0 atom stereocenters. The maximum Gasteiger partial charge on any atom is 0.209 e.